The minimum absolute atomic E-state index is 0.0891. The molecule has 1 saturated heterocycles. The Balaban J connectivity index is 1.74. The summed E-state index contributed by atoms with van der Waals surface area (Å²) in [5, 5.41) is 4.66. The number of carbonyl (C=O) groups excluding carboxylic acids is 1. The molecule has 3 aromatic rings. The monoisotopic (exact) mass is 471 g/mol. The average Bonchev–Trinajstić information content (AvgIpc) is 3.14. The number of hydrogen-bond donors (Lipinski definition) is 0. The van der Waals surface area contributed by atoms with Crippen LogP contribution in [-0.2, 0) is 14.6 Å². The van der Waals surface area contributed by atoms with Crippen molar-refractivity contribution in [2.24, 2.45) is 0 Å². The highest BCUT2D eigenvalue weighted by Gasteiger charge is 2.34. The van der Waals surface area contributed by atoms with Crippen LogP contribution in [0, 0.1) is 13.8 Å². The van der Waals surface area contributed by atoms with E-state index in [1.807, 2.05) is 45.6 Å². The first-order chi connectivity index (χ1) is 15.5. The molecule has 10 heteroatoms. The number of aromatic nitrogens is 3. The van der Waals surface area contributed by atoms with E-state index in [4.69, 9.17) is 4.74 Å². The predicted molar refractivity (Wildman–Crippen MR) is 124 cm³/mol. The third-order valence-corrected chi connectivity index (χ3v) is 7.18. The lowest BCUT2D eigenvalue weighted by atomic mass is 10.2. The van der Waals surface area contributed by atoms with E-state index in [0.717, 1.165) is 5.69 Å². The molecule has 0 spiro atoms. The van der Waals surface area contributed by atoms with Gasteiger partial charge in [-0.2, -0.15) is 0 Å². The number of sulfone groups is 1. The first-order valence-corrected chi connectivity index (χ1v) is 12.4. The summed E-state index contributed by atoms with van der Waals surface area (Å²) in [6.07, 6.45) is -0.373. The van der Waals surface area contributed by atoms with Crippen LogP contribution in [0.3, 0.4) is 0 Å². The summed E-state index contributed by atoms with van der Waals surface area (Å²) >= 11 is 0. The van der Waals surface area contributed by atoms with Crippen LogP contribution in [0.15, 0.2) is 46.2 Å². The van der Waals surface area contributed by atoms with Crippen LogP contribution in [0.4, 0.5) is 10.6 Å². The molecular formula is C23H29N5O4S. The van der Waals surface area contributed by atoms with E-state index in [0.29, 0.717) is 43.3 Å². The first-order valence-electron chi connectivity index (χ1n) is 10.9. The van der Waals surface area contributed by atoms with E-state index in [1.165, 1.54) is 0 Å². The third kappa shape index (κ3) is 4.52. The Hall–Kier alpha value is -3.14. The fourth-order valence-corrected chi connectivity index (χ4v) is 5.42. The van der Waals surface area contributed by atoms with Gasteiger partial charge in [0.2, 0.25) is 9.84 Å². The van der Waals surface area contributed by atoms with Crippen LogP contribution in [0.2, 0.25) is 0 Å². The lowest BCUT2D eigenvalue weighted by Crippen LogP contribution is -2.50. The number of carbonyl (C=O) groups is 1. The molecule has 33 heavy (non-hydrogen) atoms. The molecule has 0 unspecified atom stereocenters. The smallest absolute Gasteiger partial charge is 0.410 e. The number of hydrogen-bond acceptors (Lipinski definition) is 7. The minimum Gasteiger partial charge on any atom is -0.444 e. The van der Waals surface area contributed by atoms with Gasteiger partial charge in [-0.15, -0.1) is 5.10 Å². The molecule has 1 aliphatic heterocycles. The second-order valence-corrected chi connectivity index (χ2v) is 11.1. The SMILES string of the molecule is Cc1cc(C)n2nc(N3CCN(C(=O)OC(C)(C)C)CC3)c(S(=O)(=O)c3ccccc3)c2n1. The zero-order chi connectivity index (χ0) is 24.0. The maximum absolute atomic E-state index is 13.7. The number of fused-ring (bicyclic) bond motifs is 1. The van der Waals surface area contributed by atoms with Gasteiger partial charge in [0, 0.05) is 37.6 Å². The zero-order valence-electron chi connectivity index (χ0n) is 19.6. The quantitative estimate of drug-likeness (QED) is 0.578. The molecule has 0 saturated carbocycles. The average molecular weight is 472 g/mol. The predicted octanol–water partition coefficient (Wildman–Crippen LogP) is 3.24. The van der Waals surface area contributed by atoms with Gasteiger partial charge in [0.05, 0.1) is 4.90 Å². The van der Waals surface area contributed by atoms with Crippen LogP contribution in [0.1, 0.15) is 32.2 Å². The molecule has 1 aliphatic rings. The highest BCUT2D eigenvalue weighted by Crippen LogP contribution is 2.34. The standard InChI is InChI=1S/C23H29N5O4S/c1-16-15-17(2)28-20(24-16)19(33(30,31)18-9-7-6-8-10-18)21(25-28)26-11-13-27(14-12-26)22(29)32-23(3,4)5/h6-10,15H,11-14H2,1-5H3. The van der Waals surface area contributed by atoms with Gasteiger partial charge in [-0.1, -0.05) is 18.2 Å². The molecule has 0 radical (unpaired) electrons. The highest BCUT2D eigenvalue weighted by atomic mass is 32.2. The van der Waals surface area contributed by atoms with Crippen molar-refractivity contribution in [1.29, 1.82) is 0 Å². The number of aryl methyl sites for hydroxylation is 2. The van der Waals surface area contributed by atoms with E-state index in [2.05, 4.69) is 10.1 Å². The Morgan fingerprint density at radius 3 is 2.27 bits per heavy atom. The third-order valence-electron chi connectivity index (χ3n) is 5.39. The molecule has 9 nitrogen and oxygen atoms in total. The number of anilines is 1. The Labute approximate surface area is 193 Å². The largest absolute Gasteiger partial charge is 0.444 e. The van der Waals surface area contributed by atoms with Crippen molar-refractivity contribution >= 4 is 27.4 Å². The molecule has 3 heterocycles. The van der Waals surface area contributed by atoms with Gasteiger partial charge in [-0.05, 0) is 52.8 Å². The van der Waals surface area contributed by atoms with E-state index in [1.54, 1.807) is 39.7 Å². The number of benzene rings is 1. The summed E-state index contributed by atoms with van der Waals surface area (Å²) in [6, 6.07) is 10.2. The van der Waals surface area contributed by atoms with Gasteiger partial charge in [-0.25, -0.2) is 22.7 Å². The van der Waals surface area contributed by atoms with Gasteiger partial charge in [0.25, 0.3) is 0 Å². The molecule has 0 N–H and O–H groups in total. The maximum Gasteiger partial charge on any atom is 0.410 e. The Morgan fingerprint density at radius 2 is 1.67 bits per heavy atom. The molecule has 2 aromatic heterocycles. The van der Waals surface area contributed by atoms with Crippen molar-refractivity contribution in [2.75, 3.05) is 31.1 Å². The summed E-state index contributed by atoms with van der Waals surface area (Å²) in [5.74, 6) is 0.351. The molecular weight excluding hydrogens is 442 g/mol. The van der Waals surface area contributed by atoms with E-state index < -0.39 is 15.4 Å². The van der Waals surface area contributed by atoms with Crippen LogP contribution in [-0.4, -0.2) is 65.8 Å². The Morgan fingerprint density at radius 1 is 1.03 bits per heavy atom. The lowest BCUT2D eigenvalue weighted by Gasteiger charge is -2.35. The molecule has 0 atom stereocenters. The summed E-state index contributed by atoms with van der Waals surface area (Å²) in [5.41, 5.74) is 1.24. The summed E-state index contributed by atoms with van der Waals surface area (Å²) < 4.78 is 34.5. The topological polar surface area (TPSA) is 97.1 Å². The fraction of sp³-hybridized carbons (Fsp3) is 0.435. The zero-order valence-corrected chi connectivity index (χ0v) is 20.4. The highest BCUT2D eigenvalue weighted by molar-refractivity contribution is 7.91. The number of rotatable bonds is 3. The van der Waals surface area contributed by atoms with Crippen molar-refractivity contribution in [1.82, 2.24) is 19.5 Å². The van der Waals surface area contributed by atoms with Gasteiger partial charge < -0.3 is 14.5 Å². The molecule has 176 valence electrons. The second-order valence-electron chi connectivity index (χ2n) is 9.20. The maximum atomic E-state index is 13.7. The van der Waals surface area contributed by atoms with E-state index in [-0.39, 0.29) is 15.9 Å². The van der Waals surface area contributed by atoms with Crippen molar-refractivity contribution in [3.8, 4) is 0 Å². The summed E-state index contributed by atoms with van der Waals surface area (Å²) in [6.45, 7) is 10.9. The number of piperazine rings is 1. The summed E-state index contributed by atoms with van der Waals surface area (Å²) in [4.78, 5) is 20.8. The van der Waals surface area contributed by atoms with E-state index in [9.17, 15) is 13.2 Å². The van der Waals surface area contributed by atoms with Crippen LogP contribution >= 0.6 is 0 Å². The van der Waals surface area contributed by atoms with Gasteiger partial charge in [0.1, 0.15) is 5.60 Å². The van der Waals surface area contributed by atoms with Gasteiger partial charge >= 0.3 is 6.09 Å². The van der Waals surface area contributed by atoms with Crippen molar-refractivity contribution in [3.05, 3.63) is 47.8 Å². The Bertz CT molecular complexity index is 1290. The van der Waals surface area contributed by atoms with Crippen LogP contribution < -0.4 is 4.90 Å². The Kier molecular flexibility index (Phi) is 5.81. The van der Waals surface area contributed by atoms with Crippen LogP contribution in [0.5, 0.6) is 0 Å². The number of ether oxygens (including phenoxy) is 1. The molecule has 1 fully saturated rings. The van der Waals surface area contributed by atoms with E-state index >= 15 is 0 Å². The van der Waals surface area contributed by atoms with Gasteiger partial charge in [-0.3, -0.25) is 0 Å². The second kappa shape index (κ2) is 8.33. The molecule has 1 amide bonds. The molecule has 4 rings (SSSR count). The number of amides is 1. The fourth-order valence-electron chi connectivity index (χ4n) is 3.88. The first kappa shape index (κ1) is 23.0. The number of nitrogens with zero attached hydrogens (tertiary/aromatic N) is 5. The van der Waals surface area contributed by atoms with Crippen molar-refractivity contribution in [2.45, 2.75) is 50.0 Å². The minimum atomic E-state index is -3.88. The lowest BCUT2D eigenvalue weighted by molar-refractivity contribution is 0.0240. The van der Waals surface area contributed by atoms with Gasteiger partial charge in [0.15, 0.2) is 16.4 Å². The molecule has 0 aliphatic carbocycles. The molecule has 1 aromatic carbocycles. The molecule has 0 bridgehead atoms. The van der Waals surface area contributed by atoms with Crippen molar-refractivity contribution in [3.63, 3.8) is 0 Å². The van der Waals surface area contributed by atoms with Crippen LogP contribution in [0.25, 0.3) is 5.65 Å². The normalized spacial score (nSPS) is 15.2. The van der Waals surface area contributed by atoms with Crippen molar-refractivity contribution < 1.29 is 17.9 Å². The summed E-state index contributed by atoms with van der Waals surface area (Å²) in [7, 11) is -3.88.